The lowest BCUT2D eigenvalue weighted by Gasteiger charge is -2.18. The second-order valence-corrected chi connectivity index (χ2v) is 14.3. The summed E-state index contributed by atoms with van der Waals surface area (Å²) in [5.74, 6) is 0. The topological polar surface area (TPSA) is 0 Å². The molecule has 0 nitrogen and oxygen atoms in total. The van der Waals surface area contributed by atoms with Gasteiger partial charge in [-0.3, -0.25) is 0 Å². The van der Waals surface area contributed by atoms with Gasteiger partial charge in [-0.05, 0) is 115 Å². The average Bonchev–Trinajstić information content (AvgIpc) is 3.05. The Morgan fingerprint density at radius 2 is 0.636 bits per heavy atom. The van der Waals surface area contributed by atoms with Crippen LogP contribution in [0.4, 0.5) is 0 Å². The molecule has 0 radical (unpaired) electrons. The maximum absolute atomic E-state index is 2.45. The largest absolute Gasteiger partial charge is 0.135 e. The van der Waals surface area contributed by atoms with Crippen molar-refractivity contribution in [3.05, 3.63) is 133 Å². The molecule has 0 bridgehead atoms. The molecular weight excluding hydrogens is 569 g/mol. The molecule has 0 aliphatic rings. The zero-order valence-electron chi connectivity index (χ0n) is 23.5. The van der Waals surface area contributed by atoms with Gasteiger partial charge in [-0.2, -0.15) is 0 Å². The van der Waals surface area contributed by atoms with Crippen LogP contribution in [-0.2, 0) is 0 Å². The number of hydrogen-bond acceptors (Lipinski definition) is 2. The molecule has 0 atom stereocenters. The summed E-state index contributed by atoms with van der Waals surface area (Å²) in [6.07, 6.45) is 0. The molecule has 202 valence electrons. The van der Waals surface area contributed by atoms with Crippen molar-refractivity contribution in [1.82, 2.24) is 0 Å². The van der Waals surface area contributed by atoms with Gasteiger partial charge in [0.1, 0.15) is 0 Å². The van der Waals surface area contributed by atoms with Crippen LogP contribution in [-0.4, -0.2) is 0 Å². The molecule has 0 fully saturated rings. The number of fused-ring (bicyclic) bond motifs is 10. The van der Waals surface area contributed by atoms with Crippen molar-refractivity contribution in [3.8, 4) is 0 Å². The van der Waals surface area contributed by atoms with Gasteiger partial charge in [0.2, 0.25) is 0 Å². The minimum atomic E-state index is 1.29. The Hall–Kier alpha value is -5.02. The number of hydrogen-bond donors (Lipinski definition) is 0. The SMILES string of the molecule is c1ccc2cc3cc4c(cc3cc2c1)sc1cccc2c1c4c1cccc3sc4cc5cc6ccccc6cc5cc4c2c31. The fraction of sp³-hybridized carbons (Fsp3) is 0. The molecule has 0 N–H and O–H groups in total. The molecule has 44 heavy (non-hydrogen) atoms. The molecule has 0 amide bonds. The third kappa shape index (κ3) is 3.06. The first-order valence-corrected chi connectivity index (χ1v) is 16.7. The molecule has 0 aliphatic heterocycles. The Kier molecular flexibility index (Phi) is 4.44. The molecule has 0 aliphatic carbocycles. The van der Waals surface area contributed by atoms with Gasteiger partial charge in [0.05, 0.1) is 0 Å². The molecule has 0 spiro atoms. The summed E-state index contributed by atoms with van der Waals surface area (Å²) in [5, 5.41) is 21.3. The number of benzene rings is 9. The van der Waals surface area contributed by atoms with E-state index in [4.69, 9.17) is 0 Å². The van der Waals surface area contributed by atoms with Crippen LogP contribution in [0.3, 0.4) is 0 Å². The van der Waals surface area contributed by atoms with Crippen molar-refractivity contribution in [2.75, 3.05) is 0 Å². The lowest BCUT2D eigenvalue weighted by atomic mass is 9.90. The maximum atomic E-state index is 2.45. The first-order chi connectivity index (χ1) is 21.8. The van der Waals surface area contributed by atoms with Crippen molar-refractivity contribution in [3.63, 3.8) is 0 Å². The van der Waals surface area contributed by atoms with Crippen LogP contribution in [0.1, 0.15) is 0 Å². The Balaban J connectivity index is 1.36. The van der Waals surface area contributed by atoms with Crippen LogP contribution in [0.25, 0.3) is 105 Å². The smallest absolute Gasteiger partial charge is 0.0361 e. The van der Waals surface area contributed by atoms with E-state index in [2.05, 4.69) is 133 Å². The van der Waals surface area contributed by atoms with Gasteiger partial charge in [-0.25, -0.2) is 0 Å². The summed E-state index contributed by atoms with van der Waals surface area (Å²) in [4.78, 5) is 0. The first kappa shape index (κ1) is 23.4. The Morgan fingerprint density at radius 3 is 1.05 bits per heavy atom. The summed E-state index contributed by atoms with van der Waals surface area (Å²) in [6.45, 7) is 0. The Bertz CT molecular complexity index is 2840. The maximum Gasteiger partial charge on any atom is 0.0361 e. The van der Waals surface area contributed by atoms with E-state index < -0.39 is 0 Å². The van der Waals surface area contributed by atoms with Gasteiger partial charge in [0.15, 0.2) is 0 Å². The van der Waals surface area contributed by atoms with Crippen LogP contribution in [0.5, 0.6) is 0 Å². The van der Waals surface area contributed by atoms with Gasteiger partial charge >= 0.3 is 0 Å². The van der Waals surface area contributed by atoms with Crippen molar-refractivity contribution < 1.29 is 0 Å². The van der Waals surface area contributed by atoms with Crippen LogP contribution in [0.15, 0.2) is 133 Å². The van der Waals surface area contributed by atoms with E-state index in [1.165, 1.54) is 105 Å². The van der Waals surface area contributed by atoms with Gasteiger partial charge in [-0.15, -0.1) is 22.7 Å². The number of rotatable bonds is 0. The summed E-state index contributed by atoms with van der Waals surface area (Å²) in [5.41, 5.74) is 0. The van der Waals surface area contributed by atoms with Crippen LogP contribution < -0.4 is 0 Å². The van der Waals surface area contributed by atoms with Crippen molar-refractivity contribution in [2.45, 2.75) is 0 Å². The van der Waals surface area contributed by atoms with Gasteiger partial charge in [0.25, 0.3) is 0 Å². The minimum absolute atomic E-state index is 1.29. The Morgan fingerprint density at radius 1 is 0.250 bits per heavy atom. The summed E-state index contributed by atoms with van der Waals surface area (Å²) in [6, 6.07) is 50.4. The van der Waals surface area contributed by atoms with E-state index in [9.17, 15) is 0 Å². The lowest BCUT2D eigenvalue weighted by molar-refractivity contribution is 1.80. The molecule has 0 unspecified atom stereocenters. The quantitative estimate of drug-likeness (QED) is 0.122. The van der Waals surface area contributed by atoms with Crippen molar-refractivity contribution >= 4 is 128 Å². The molecule has 0 saturated heterocycles. The van der Waals surface area contributed by atoms with E-state index in [1.54, 1.807) is 0 Å². The van der Waals surface area contributed by atoms with E-state index in [0.717, 1.165) is 0 Å². The summed E-state index contributed by atoms with van der Waals surface area (Å²) in [7, 11) is 0. The summed E-state index contributed by atoms with van der Waals surface area (Å²) < 4.78 is 5.38. The first-order valence-electron chi connectivity index (χ1n) is 15.1. The predicted molar refractivity (Wildman–Crippen MR) is 197 cm³/mol. The molecule has 2 heteroatoms. The fourth-order valence-electron chi connectivity index (χ4n) is 7.73. The normalized spacial score (nSPS) is 12.5. The lowest BCUT2D eigenvalue weighted by Crippen LogP contribution is -1.89. The van der Waals surface area contributed by atoms with Crippen molar-refractivity contribution in [1.29, 1.82) is 0 Å². The third-order valence-electron chi connectivity index (χ3n) is 9.68. The molecule has 11 rings (SSSR count). The highest BCUT2D eigenvalue weighted by Crippen LogP contribution is 2.49. The molecule has 2 aromatic heterocycles. The Labute approximate surface area is 260 Å². The predicted octanol–water partition coefficient (Wildman–Crippen LogP) is 13.3. The van der Waals surface area contributed by atoms with Gasteiger partial charge in [-0.1, -0.05) is 72.8 Å². The third-order valence-corrected chi connectivity index (χ3v) is 11.9. The standard InChI is InChI=1S/C42H22S2/c1-3-9-25-17-29-21-37-33(19-27(29)15-23(25)7-1)39-31-11-5-14-36-42(31)40(32-12-6-13-35(43-37)41(32)39)34-20-28-16-24-8-2-4-10-26(24)18-30(28)22-38(34)44-36/h1-22H. The van der Waals surface area contributed by atoms with Crippen LogP contribution in [0, 0.1) is 0 Å². The molecular formula is C42H22S2. The van der Waals surface area contributed by atoms with Crippen molar-refractivity contribution in [2.24, 2.45) is 0 Å². The second-order valence-electron chi connectivity index (χ2n) is 12.1. The summed E-state index contributed by atoms with van der Waals surface area (Å²) >= 11 is 3.85. The highest BCUT2D eigenvalue weighted by atomic mass is 32.1. The minimum Gasteiger partial charge on any atom is -0.135 e. The van der Waals surface area contributed by atoms with Crippen LogP contribution >= 0.6 is 22.7 Å². The molecule has 9 aromatic carbocycles. The van der Waals surface area contributed by atoms with E-state index in [0.29, 0.717) is 0 Å². The second kappa shape index (κ2) is 8.33. The van der Waals surface area contributed by atoms with E-state index >= 15 is 0 Å². The van der Waals surface area contributed by atoms with Gasteiger partial charge < -0.3 is 0 Å². The van der Waals surface area contributed by atoms with E-state index in [1.807, 2.05) is 22.7 Å². The molecule has 2 heterocycles. The van der Waals surface area contributed by atoms with Gasteiger partial charge in [0, 0.05) is 51.1 Å². The molecule has 11 aromatic rings. The highest BCUT2D eigenvalue weighted by molar-refractivity contribution is 7.26. The monoisotopic (exact) mass is 590 g/mol. The average molecular weight is 591 g/mol. The molecule has 0 saturated carbocycles. The zero-order chi connectivity index (χ0) is 28.5. The zero-order valence-corrected chi connectivity index (χ0v) is 25.2. The highest BCUT2D eigenvalue weighted by Gasteiger charge is 2.19. The fourth-order valence-corrected chi connectivity index (χ4v) is 10.0. The van der Waals surface area contributed by atoms with Crippen LogP contribution in [0.2, 0.25) is 0 Å². The van der Waals surface area contributed by atoms with E-state index in [-0.39, 0.29) is 0 Å².